The van der Waals surface area contributed by atoms with Crippen LogP contribution in [0, 0.1) is 9.49 Å². The second-order valence-corrected chi connectivity index (χ2v) is 6.77. The molecule has 1 rings (SSSR count). The van der Waals surface area contributed by atoms with E-state index in [0.717, 1.165) is 3.57 Å². The average molecular weight is 480 g/mol. The molecular formula is C17H25IN2O6. The number of benzene rings is 1. The third-order valence-corrected chi connectivity index (χ3v) is 4.27. The second kappa shape index (κ2) is 13.0. The van der Waals surface area contributed by atoms with Gasteiger partial charge in [0.25, 0.3) is 5.91 Å². The number of halogens is 1. The number of methoxy groups -OCH3 is 1. The van der Waals surface area contributed by atoms with Crippen LogP contribution < -0.4 is 10.8 Å². The van der Waals surface area contributed by atoms with Gasteiger partial charge in [-0.15, -0.1) is 0 Å². The molecule has 0 aliphatic rings. The monoisotopic (exact) mass is 480 g/mol. The van der Waals surface area contributed by atoms with E-state index in [0.29, 0.717) is 12.2 Å². The number of hydrogen-bond donors (Lipinski definition) is 3. The molecule has 9 heteroatoms. The average Bonchev–Trinajstić information content (AvgIpc) is 2.64. The Morgan fingerprint density at radius 3 is 2.46 bits per heavy atom. The molecule has 146 valence electrons. The van der Waals surface area contributed by atoms with Crippen molar-refractivity contribution in [2.24, 2.45) is 5.92 Å². The van der Waals surface area contributed by atoms with Crippen LogP contribution in [0.5, 0.6) is 0 Å². The van der Waals surface area contributed by atoms with Crippen LogP contribution in [0.4, 0.5) is 0 Å². The zero-order valence-corrected chi connectivity index (χ0v) is 17.0. The molecule has 2 atom stereocenters. The number of amides is 2. The molecule has 0 heterocycles. The molecule has 8 nitrogen and oxygen atoms in total. The predicted molar refractivity (Wildman–Crippen MR) is 103 cm³/mol. The van der Waals surface area contributed by atoms with Gasteiger partial charge >= 0.3 is 0 Å². The molecule has 0 spiro atoms. The molecule has 1 aromatic rings. The Kier molecular flexibility index (Phi) is 11.4. The van der Waals surface area contributed by atoms with Gasteiger partial charge in [0.15, 0.2) is 0 Å². The van der Waals surface area contributed by atoms with E-state index in [-0.39, 0.29) is 32.3 Å². The first-order chi connectivity index (χ1) is 12.5. The molecule has 0 aliphatic carbocycles. The maximum Gasteiger partial charge on any atom is 0.251 e. The van der Waals surface area contributed by atoms with Crippen molar-refractivity contribution in [3.05, 3.63) is 33.4 Å². The lowest BCUT2D eigenvalue weighted by Gasteiger charge is -2.23. The number of carbonyl (C=O) groups is 2. The van der Waals surface area contributed by atoms with Crippen LogP contribution in [-0.4, -0.2) is 56.8 Å². The van der Waals surface area contributed by atoms with Gasteiger partial charge in [-0.2, -0.15) is 0 Å². The molecule has 0 unspecified atom stereocenters. The molecule has 1 aromatic carbocycles. The normalized spacial score (nSPS) is 13.1. The summed E-state index contributed by atoms with van der Waals surface area (Å²) in [4.78, 5) is 24.2. The predicted octanol–water partition coefficient (Wildman–Crippen LogP) is 1.56. The molecule has 3 N–H and O–H groups in total. The van der Waals surface area contributed by atoms with Gasteiger partial charge < -0.3 is 19.5 Å². The van der Waals surface area contributed by atoms with E-state index >= 15 is 0 Å². The fourth-order valence-electron chi connectivity index (χ4n) is 2.26. The number of hydrogen-bond acceptors (Lipinski definition) is 6. The van der Waals surface area contributed by atoms with Crippen molar-refractivity contribution in [1.29, 1.82) is 0 Å². The van der Waals surface area contributed by atoms with E-state index in [9.17, 15) is 9.59 Å². The Morgan fingerprint density at radius 1 is 1.19 bits per heavy atom. The standard InChI is InChI=1S/C17H25IN2O6/c1-3-25-11-26-10-15(8-13(9-24-2)17(22)20-23)19-16(21)12-4-6-14(18)7-5-12/h4-7,13,15,23H,3,8-11H2,1-2H3,(H,19,21)(H,20,22)/t13-,15+/m0/s1. The summed E-state index contributed by atoms with van der Waals surface area (Å²) in [6, 6.07) is 6.66. The first-order valence-corrected chi connectivity index (χ1v) is 9.24. The van der Waals surface area contributed by atoms with Crippen LogP contribution in [-0.2, 0) is 19.0 Å². The van der Waals surface area contributed by atoms with Gasteiger partial charge in [-0.3, -0.25) is 14.8 Å². The highest BCUT2D eigenvalue weighted by molar-refractivity contribution is 14.1. The summed E-state index contributed by atoms with van der Waals surface area (Å²) in [6.45, 7) is 2.72. The van der Waals surface area contributed by atoms with Gasteiger partial charge in [0.05, 0.1) is 25.2 Å². The van der Waals surface area contributed by atoms with Gasteiger partial charge in [0, 0.05) is 22.9 Å². The highest BCUT2D eigenvalue weighted by Crippen LogP contribution is 2.11. The molecule has 2 amide bonds. The number of rotatable bonds is 12. The van der Waals surface area contributed by atoms with Crippen molar-refractivity contribution in [3.63, 3.8) is 0 Å². The lowest BCUT2D eigenvalue weighted by molar-refractivity contribution is -0.135. The van der Waals surface area contributed by atoms with Crippen LogP contribution in [0.3, 0.4) is 0 Å². The highest BCUT2D eigenvalue weighted by Gasteiger charge is 2.24. The molecule has 0 radical (unpaired) electrons. The summed E-state index contributed by atoms with van der Waals surface area (Å²) in [5.74, 6) is -1.49. The van der Waals surface area contributed by atoms with Gasteiger partial charge in [0.2, 0.25) is 5.91 Å². The highest BCUT2D eigenvalue weighted by atomic mass is 127. The van der Waals surface area contributed by atoms with E-state index in [4.69, 9.17) is 19.4 Å². The van der Waals surface area contributed by atoms with E-state index in [1.807, 2.05) is 19.1 Å². The Balaban J connectivity index is 2.76. The third-order valence-electron chi connectivity index (χ3n) is 3.55. The van der Waals surface area contributed by atoms with Gasteiger partial charge in [-0.05, 0) is 60.2 Å². The second-order valence-electron chi connectivity index (χ2n) is 5.52. The molecule has 0 saturated carbocycles. The van der Waals surface area contributed by atoms with Crippen molar-refractivity contribution in [3.8, 4) is 0 Å². The molecule has 0 aliphatic heterocycles. The Bertz CT molecular complexity index is 555. The number of carbonyl (C=O) groups excluding carboxylic acids is 2. The summed E-state index contributed by atoms with van der Waals surface area (Å²) in [5.41, 5.74) is 2.13. The molecular weight excluding hydrogens is 455 g/mol. The molecule has 0 saturated heterocycles. The number of nitrogens with one attached hydrogen (secondary N) is 2. The quantitative estimate of drug-likeness (QED) is 0.138. The summed E-state index contributed by atoms with van der Waals surface area (Å²) in [6.07, 6.45) is 0.239. The van der Waals surface area contributed by atoms with E-state index < -0.39 is 17.9 Å². The third kappa shape index (κ3) is 8.41. The summed E-state index contributed by atoms with van der Waals surface area (Å²) in [5, 5.41) is 11.7. The van der Waals surface area contributed by atoms with Crippen LogP contribution in [0.1, 0.15) is 23.7 Å². The first-order valence-electron chi connectivity index (χ1n) is 8.16. The number of ether oxygens (including phenoxy) is 3. The Morgan fingerprint density at radius 2 is 1.88 bits per heavy atom. The fourth-order valence-corrected chi connectivity index (χ4v) is 2.62. The maximum absolute atomic E-state index is 12.5. The van der Waals surface area contributed by atoms with Crippen molar-refractivity contribution in [2.45, 2.75) is 19.4 Å². The summed E-state index contributed by atoms with van der Waals surface area (Å²) >= 11 is 2.16. The molecule has 26 heavy (non-hydrogen) atoms. The van der Waals surface area contributed by atoms with Crippen LogP contribution in [0.25, 0.3) is 0 Å². The Labute approximate surface area is 166 Å². The molecule has 0 bridgehead atoms. The van der Waals surface area contributed by atoms with Crippen LogP contribution in [0.15, 0.2) is 24.3 Å². The summed E-state index contributed by atoms with van der Waals surface area (Å²) < 4.78 is 16.6. The van der Waals surface area contributed by atoms with Crippen molar-refractivity contribution in [2.75, 3.05) is 33.7 Å². The smallest absolute Gasteiger partial charge is 0.251 e. The maximum atomic E-state index is 12.5. The fraction of sp³-hybridized carbons (Fsp3) is 0.529. The van der Waals surface area contributed by atoms with Gasteiger partial charge in [-0.25, -0.2) is 5.48 Å². The van der Waals surface area contributed by atoms with Crippen LogP contribution >= 0.6 is 22.6 Å². The lowest BCUT2D eigenvalue weighted by atomic mass is 10.00. The zero-order valence-electron chi connectivity index (χ0n) is 14.9. The molecule has 0 fully saturated rings. The SMILES string of the molecule is CCOCOC[C@@H](C[C@@H](COC)C(=O)NO)NC(=O)c1ccc(I)cc1. The van der Waals surface area contributed by atoms with E-state index in [1.165, 1.54) is 7.11 Å². The van der Waals surface area contributed by atoms with E-state index in [2.05, 4.69) is 27.9 Å². The lowest BCUT2D eigenvalue weighted by Crippen LogP contribution is -2.43. The first kappa shape index (κ1) is 22.8. The van der Waals surface area contributed by atoms with Gasteiger partial charge in [-0.1, -0.05) is 0 Å². The topological polar surface area (TPSA) is 106 Å². The van der Waals surface area contributed by atoms with Crippen LogP contribution in [0.2, 0.25) is 0 Å². The zero-order chi connectivity index (χ0) is 19.4. The van der Waals surface area contributed by atoms with E-state index in [1.54, 1.807) is 17.6 Å². The largest absolute Gasteiger partial charge is 0.384 e. The minimum Gasteiger partial charge on any atom is -0.384 e. The summed E-state index contributed by atoms with van der Waals surface area (Å²) in [7, 11) is 1.46. The Hall–Kier alpha value is -1.27. The van der Waals surface area contributed by atoms with Crippen molar-refractivity contribution >= 4 is 34.4 Å². The molecule has 0 aromatic heterocycles. The van der Waals surface area contributed by atoms with Crippen molar-refractivity contribution in [1.82, 2.24) is 10.8 Å². The number of hydroxylamine groups is 1. The van der Waals surface area contributed by atoms with Crippen molar-refractivity contribution < 1.29 is 29.0 Å². The minimum absolute atomic E-state index is 0.0908. The minimum atomic E-state index is -0.636. The van der Waals surface area contributed by atoms with Gasteiger partial charge in [0.1, 0.15) is 6.79 Å².